The third-order valence-corrected chi connectivity index (χ3v) is 9.05. The third kappa shape index (κ3) is 7.01. The van der Waals surface area contributed by atoms with Gasteiger partial charge in [-0.1, -0.05) is 60.7 Å². The highest BCUT2D eigenvalue weighted by Crippen LogP contribution is 2.32. The minimum atomic E-state index is -0.362. The van der Waals surface area contributed by atoms with E-state index in [1.54, 1.807) is 30.1 Å². The van der Waals surface area contributed by atoms with Gasteiger partial charge < -0.3 is 25.0 Å². The van der Waals surface area contributed by atoms with Gasteiger partial charge in [-0.25, -0.2) is 0 Å². The van der Waals surface area contributed by atoms with Crippen molar-refractivity contribution in [3.8, 4) is 16.9 Å². The topological polar surface area (TPSA) is 97.0 Å². The van der Waals surface area contributed by atoms with Gasteiger partial charge in [0.15, 0.2) is 0 Å². The van der Waals surface area contributed by atoms with Crippen LogP contribution < -0.4 is 15.4 Å². The van der Waals surface area contributed by atoms with Crippen LogP contribution in [-0.4, -0.2) is 54.5 Å². The van der Waals surface area contributed by atoms with Crippen LogP contribution >= 0.6 is 11.3 Å². The van der Waals surface area contributed by atoms with Crippen molar-refractivity contribution in [3.63, 3.8) is 0 Å². The molecule has 3 amide bonds. The summed E-state index contributed by atoms with van der Waals surface area (Å²) < 4.78 is 12.4. The van der Waals surface area contributed by atoms with E-state index in [0.29, 0.717) is 36.4 Å². The molecular weight excluding hydrogens is 574 g/mol. The molecule has 226 valence electrons. The average Bonchev–Trinajstić information content (AvgIpc) is 3.55. The maximum atomic E-state index is 13.5. The van der Waals surface area contributed by atoms with Crippen molar-refractivity contribution in [2.45, 2.75) is 50.5 Å². The molecule has 2 aliphatic rings. The number of anilines is 1. The molecule has 0 saturated carbocycles. The molecule has 1 aromatic heterocycles. The number of likely N-dealkylation sites (N-methyl/N-ethyl adjacent to an activating group) is 1. The van der Waals surface area contributed by atoms with E-state index in [1.807, 2.05) is 47.8 Å². The molecule has 0 spiro atoms. The largest absolute Gasteiger partial charge is 0.490 e. The standard InChI is InChI=1S/C35H35N3O5S/c1-38-30-15-14-27(19-33(39)36-21-23-9-11-25(12-10-23)24-6-3-2-4-7-24)43-32(30)22-42-31-16-13-26(18-29(31)35(38)41)37-34(40)20-28-8-5-17-44-28/h2-13,16-18,27,30,32H,14-15,19-22H2,1H3,(H,36,39)(H,37,40)/t27-,30+,32-/m1/s1. The highest BCUT2D eigenvalue weighted by Gasteiger charge is 2.39. The van der Waals surface area contributed by atoms with E-state index in [9.17, 15) is 14.4 Å². The van der Waals surface area contributed by atoms with Gasteiger partial charge in [0.2, 0.25) is 11.8 Å². The van der Waals surface area contributed by atoms with Crippen LogP contribution in [0.15, 0.2) is 90.3 Å². The lowest BCUT2D eigenvalue weighted by molar-refractivity contribution is -0.134. The maximum Gasteiger partial charge on any atom is 0.257 e. The Morgan fingerprint density at radius 3 is 2.50 bits per heavy atom. The number of benzene rings is 3. The Labute approximate surface area is 261 Å². The number of hydrogen-bond acceptors (Lipinski definition) is 6. The van der Waals surface area contributed by atoms with E-state index in [1.165, 1.54) is 11.3 Å². The van der Waals surface area contributed by atoms with Gasteiger partial charge in [-0.3, -0.25) is 14.4 Å². The predicted molar refractivity (Wildman–Crippen MR) is 171 cm³/mol. The molecule has 0 radical (unpaired) electrons. The van der Waals surface area contributed by atoms with Crippen LogP contribution in [0.1, 0.15) is 40.1 Å². The molecule has 8 nitrogen and oxygen atoms in total. The molecule has 4 aromatic rings. The Balaban J connectivity index is 1.03. The van der Waals surface area contributed by atoms with E-state index < -0.39 is 0 Å². The fourth-order valence-electron chi connectivity index (χ4n) is 5.81. The molecule has 0 unspecified atom stereocenters. The van der Waals surface area contributed by atoms with Gasteiger partial charge in [-0.15, -0.1) is 11.3 Å². The summed E-state index contributed by atoms with van der Waals surface area (Å²) in [5, 5.41) is 7.84. The lowest BCUT2D eigenvalue weighted by Gasteiger charge is -2.42. The lowest BCUT2D eigenvalue weighted by Crippen LogP contribution is -2.53. The molecule has 3 heterocycles. The Kier molecular flexibility index (Phi) is 9.04. The van der Waals surface area contributed by atoms with Crippen molar-refractivity contribution in [1.29, 1.82) is 0 Å². The summed E-state index contributed by atoms with van der Waals surface area (Å²) in [7, 11) is 1.77. The smallest absolute Gasteiger partial charge is 0.257 e. The van der Waals surface area contributed by atoms with Crippen LogP contribution in [0.2, 0.25) is 0 Å². The summed E-state index contributed by atoms with van der Waals surface area (Å²) in [6.45, 7) is 0.700. The Bertz CT molecular complexity index is 1610. The minimum Gasteiger partial charge on any atom is -0.490 e. The van der Waals surface area contributed by atoms with Crippen molar-refractivity contribution in [2.75, 3.05) is 19.0 Å². The molecule has 1 saturated heterocycles. The molecule has 3 atom stereocenters. The van der Waals surface area contributed by atoms with Gasteiger partial charge in [-0.2, -0.15) is 0 Å². The molecule has 3 aromatic carbocycles. The summed E-state index contributed by atoms with van der Waals surface area (Å²) in [6, 6.07) is 27.1. The Hall–Kier alpha value is -4.47. The van der Waals surface area contributed by atoms with E-state index in [2.05, 4.69) is 34.9 Å². The lowest BCUT2D eigenvalue weighted by atomic mass is 9.94. The van der Waals surface area contributed by atoms with Crippen LogP contribution in [-0.2, 0) is 27.3 Å². The quantitative estimate of drug-likeness (QED) is 0.268. The predicted octanol–water partition coefficient (Wildman–Crippen LogP) is 5.68. The molecule has 44 heavy (non-hydrogen) atoms. The normalized spacial score (nSPS) is 19.5. The number of amides is 3. The SMILES string of the molecule is CN1C(=O)c2cc(NC(=O)Cc3cccs3)ccc2OC[C@H]2O[C@@H](CC(=O)NCc3ccc(-c4ccccc4)cc3)CC[C@@H]21. The van der Waals surface area contributed by atoms with Gasteiger partial charge in [0.25, 0.3) is 5.91 Å². The Morgan fingerprint density at radius 1 is 0.932 bits per heavy atom. The van der Waals surface area contributed by atoms with Gasteiger partial charge in [0.1, 0.15) is 18.5 Å². The fourth-order valence-corrected chi connectivity index (χ4v) is 6.51. The first-order valence-electron chi connectivity index (χ1n) is 14.9. The highest BCUT2D eigenvalue weighted by atomic mass is 32.1. The summed E-state index contributed by atoms with van der Waals surface area (Å²) >= 11 is 1.53. The number of rotatable bonds is 8. The van der Waals surface area contributed by atoms with Crippen LogP contribution in [0.5, 0.6) is 5.75 Å². The number of ether oxygens (including phenoxy) is 2. The van der Waals surface area contributed by atoms with Crippen molar-refractivity contribution < 1.29 is 23.9 Å². The molecule has 0 bridgehead atoms. The second kappa shape index (κ2) is 13.4. The second-order valence-electron chi connectivity index (χ2n) is 11.2. The number of hydrogen-bond donors (Lipinski definition) is 2. The van der Waals surface area contributed by atoms with Gasteiger partial charge >= 0.3 is 0 Å². The molecule has 2 aliphatic heterocycles. The third-order valence-electron chi connectivity index (χ3n) is 8.17. The van der Waals surface area contributed by atoms with Crippen LogP contribution in [0.25, 0.3) is 11.1 Å². The van der Waals surface area contributed by atoms with E-state index >= 15 is 0 Å². The number of nitrogens with one attached hydrogen (secondary N) is 2. The molecular formula is C35H35N3O5S. The van der Waals surface area contributed by atoms with Gasteiger partial charge in [0, 0.05) is 24.2 Å². The first-order valence-corrected chi connectivity index (χ1v) is 15.7. The number of carbonyl (C=O) groups excluding carboxylic acids is 3. The van der Waals surface area contributed by atoms with Crippen molar-refractivity contribution in [2.24, 2.45) is 0 Å². The van der Waals surface area contributed by atoms with Crippen LogP contribution in [0, 0.1) is 0 Å². The van der Waals surface area contributed by atoms with Crippen molar-refractivity contribution >= 4 is 34.7 Å². The molecule has 9 heteroatoms. The monoisotopic (exact) mass is 609 g/mol. The molecule has 1 fully saturated rings. The van der Waals surface area contributed by atoms with Crippen molar-refractivity contribution in [1.82, 2.24) is 10.2 Å². The van der Waals surface area contributed by atoms with E-state index in [4.69, 9.17) is 9.47 Å². The summed E-state index contributed by atoms with van der Waals surface area (Å²) in [6.07, 6.45) is 1.25. The number of fused-ring (bicyclic) bond motifs is 2. The first-order chi connectivity index (χ1) is 21.4. The Morgan fingerprint density at radius 2 is 1.73 bits per heavy atom. The number of carbonyl (C=O) groups is 3. The molecule has 0 aliphatic carbocycles. The number of thiophene rings is 1. The van der Waals surface area contributed by atoms with Crippen LogP contribution in [0.4, 0.5) is 5.69 Å². The zero-order chi connectivity index (χ0) is 30.5. The molecule has 6 rings (SSSR count). The van der Waals surface area contributed by atoms with Gasteiger partial charge in [0.05, 0.1) is 30.6 Å². The highest BCUT2D eigenvalue weighted by molar-refractivity contribution is 7.10. The summed E-state index contributed by atoms with van der Waals surface area (Å²) in [4.78, 5) is 41.5. The summed E-state index contributed by atoms with van der Waals surface area (Å²) in [5.74, 6) is 0.0352. The fraction of sp³-hybridized carbons (Fsp3) is 0.286. The zero-order valence-corrected chi connectivity index (χ0v) is 25.3. The van der Waals surface area contributed by atoms with E-state index in [0.717, 1.165) is 21.6 Å². The van der Waals surface area contributed by atoms with Gasteiger partial charge in [-0.05, 0) is 59.2 Å². The van der Waals surface area contributed by atoms with Crippen molar-refractivity contribution in [3.05, 3.63) is 106 Å². The maximum absolute atomic E-state index is 13.5. The summed E-state index contributed by atoms with van der Waals surface area (Å²) in [5.41, 5.74) is 4.27. The minimum absolute atomic E-state index is 0.0734. The molecule has 2 N–H and O–H groups in total. The first kappa shape index (κ1) is 29.6. The zero-order valence-electron chi connectivity index (χ0n) is 24.5. The van der Waals surface area contributed by atoms with Crippen LogP contribution in [0.3, 0.4) is 0 Å². The number of nitrogens with zero attached hydrogens (tertiary/aromatic N) is 1. The average molecular weight is 610 g/mol. The second-order valence-corrected chi connectivity index (χ2v) is 12.3. The van der Waals surface area contributed by atoms with E-state index in [-0.39, 0.29) is 55.4 Å².